The number of hydrogen-bond donors (Lipinski definition) is 2. The number of furan rings is 1. The van der Waals surface area contributed by atoms with Crippen LogP contribution in [0.2, 0.25) is 0 Å². The van der Waals surface area contributed by atoms with Crippen molar-refractivity contribution in [2.24, 2.45) is 5.73 Å². The maximum atomic E-state index is 14.0. The van der Waals surface area contributed by atoms with E-state index in [9.17, 15) is 9.59 Å². The Balaban J connectivity index is 1.50. The lowest BCUT2D eigenvalue weighted by Crippen LogP contribution is -2.49. The number of unbranched alkanes of at least 4 members (excludes halogenated alkanes) is 1. The average molecular weight is 575 g/mol. The van der Waals surface area contributed by atoms with Gasteiger partial charge in [-0.25, -0.2) is 4.85 Å². The van der Waals surface area contributed by atoms with Gasteiger partial charge in [-0.15, -0.1) is 0 Å². The molecule has 7 heteroatoms. The molecular formula is C36H38N4O3. The number of nitrogens with zero attached hydrogens (tertiary/aromatic N) is 2. The van der Waals surface area contributed by atoms with E-state index in [0.717, 1.165) is 43.4 Å². The zero-order valence-electron chi connectivity index (χ0n) is 24.5. The Hall–Kier alpha value is -4.67. The van der Waals surface area contributed by atoms with Crippen molar-refractivity contribution < 1.29 is 14.0 Å². The first-order valence-corrected chi connectivity index (χ1v) is 15.0. The van der Waals surface area contributed by atoms with Crippen LogP contribution >= 0.6 is 0 Å². The minimum Gasteiger partial charge on any atom is -0.467 e. The van der Waals surface area contributed by atoms with Gasteiger partial charge in [0.15, 0.2) is 5.69 Å². The summed E-state index contributed by atoms with van der Waals surface area (Å²) in [6.07, 6.45) is 6.67. The standard InChI is InChI=1S/C36H38N4O3/c1-3-4-15-30(37)32(21-25-12-6-5-7-13-25)39-35(41)27-22-26(29-14-8-9-16-31(29)38-2)23-28(24-27)36(42)40-19-10-17-33(40)34-18-11-20-43-34/h5-9,11-14,16,18,20,22-24,30,32-33H,3-4,10,15,17,19,21,37H2,1H3,(H,39,41)/t30-,32-,33?/m0/s1. The molecule has 1 fully saturated rings. The van der Waals surface area contributed by atoms with E-state index in [2.05, 4.69) is 17.1 Å². The number of carbonyl (C=O) groups is 2. The molecule has 2 heterocycles. The number of para-hydroxylation sites is 1. The van der Waals surface area contributed by atoms with E-state index in [4.69, 9.17) is 16.7 Å². The molecule has 220 valence electrons. The van der Waals surface area contributed by atoms with E-state index in [0.29, 0.717) is 40.9 Å². The number of nitrogens with one attached hydrogen (secondary N) is 1. The molecule has 0 radical (unpaired) electrons. The zero-order valence-corrected chi connectivity index (χ0v) is 24.5. The third-order valence-electron chi connectivity index (χ3n) is 8.19. The fraction of sp³-hybridized carbons (Fsp3) is 0.306. The Bertz CT molecular complexity index is 1580. The van der Waals surface area contributed by atoms with Crippen molar-refractivity contribution in [2.75, 3.05) is 6.54 Å². The van der Waals surface area contributed by atoms with Gasteiger partial charge in [0.05, 0.1) is 18.9 Å². The summed E-state index contributed by atoms with van der Waals surface area (Å²) in [5.41, 5.74) is 10.3. The summed E-state index contributed by atoms with van der Waals surface area (Å²) in [6.45, 7) is 10.4. The number of benzene rings is 3. The van der Waals surface area contributed by atoms with Gasteiger partial charge in [0, 0.05) is 29.8 Å². The lowest BCUT2D eigenvalue weighted by Gasteiger charge is -2.26. The number of rotatable bonds is 11. The monoisotopic (exact) mass is 574 g/mol. The van der Waals surface area contributed by atoms with Crippen molar-refractivity contribution in [1.82, 2.24) is 10.2 Å². The van der Waals surface area contributed by atoms with Crippen molar-refractivity contribution >= 4 is 17.5 Å². The Labute approximate surface area is 253 Å². The fourth-order valence-corrected chi connectivity index (χ4v) is 5.88. The molecule has 1 aliphatic heterocycles. The van der Waals surface area contributed by atoms with Crippen molar-refractivity contribution in [3.63, 3.8) is 0 Å². The second kappa shape index (κ2) is 14.0. The number of nitrogens with two attached hydrogens (primary N) is 1. The third kappa shape index (κ3) is 7.04. The molecule has 4 aromatic rings. The molecule has 5 rings (SSSR count). The zero-order chi connectivity index (χ0) is 30.2. The van der Waals surface area contributed by atoms with E-state index in [1.807, 2.05) is 65.6 Å². The van der Waals surface area contributed by atoms with Gasteiger partial charge >= 0.3 is 0 Å². The number of carbonyl (C=O) groups excluding carboxylic acids is 2. The maximum absolute atomic E-state index is 14.0. The lowest BCUT2D eigenvalue weighted by atomic mass is 9.94. The Kier molecular flexibility index (Phi) is 9.70. The molecule has 3 atom stereocenters. The SMILES string of the molecule is [C-]#[N+]c1ccccc1-c1cc(C(=O)N[C@@H](Cc2ccccc2)[C@@H](N)CCCC)cc(C(=O)N2CCCC2c2ccco2)c1. The molecule has 1 unspecified atom stereocenters. The van der Waals surface area contributed by atoms with E-state index >= 15 is 0 Å². The van der Waals surface area contributed by atoms with E-state index < -0.39 is 0 Å². The van der Waals surface area contributed by atoms with Crippen LogP contribution in [0.3, 0.4) is 0 Å². The molecule has 3 N–H and O–H groups in total. The second-order valence-electron chi connectivity index (χ2n) is 11.2. The van der Waals surface area contributed by atoms with Gasteiger partial charge in [0.25, 0.3) is 11.8 Å². The first-order chi connectivity index (χ1) is 21.0. The highest BCUT2D eigenvalue weighted by Gasteiger charge is 2.33. The largest absolute Gasteiger partial charge is 0.467 e. The van der Waals surface area contributed by atoms with Crippen LogP contribution in [0.5, 0.6) is 0 Å². The van der Waals surface area contributed by atoms with Gasteiger partial charge in [0.2, 0.25) is 0 Å². The van der Waals surface area contributed by atoms with Gasteiger partial charge in [-0.05, 0) is 72.7 Å². The highest BCUT2D eigenvalue weighted by atomic mass is 16.3. The quantitative estimate of drug-likeness (QED) is 0.183. The molecule has 1 saturated heterocycles. The number of likely N-dealkylation sites (tertiary alicyclic amines) is 1. The number of amides is 2. The molecular weight excluding hydrogens is 536 g/mol. The van der Waals surface area contributed by atoms with Crippen LogP contribution in [0.1, 0.15) is 77.1 Å². The molecule has 2 amide bonds. The third-order valence-corrected chi connectivity index (χ3v) is 8.19. The molecule has 3 aromatic carbocycles. The van der Waals surface area contributed by atoms with E-state index in [-0.39, 0.29) is 29.9 Å². The summed E-state index contributed by atoms with van der Waals surface area (Å²) in [6, 6.07) is 25.5. The summed E-state index contributed by atoms with van der Waals surface area (Å²) < 4.78 is 5.66. The average Bonchev–Trinajstić information content (AvgIpc) is 3.76. The summed E-state index contributed by atoms with van der Waals surface area (Å²) in [5.74, 6) is 0.284. The molecule has 0 aliphatic carbocycles. The van der Waals surface area contributed by atoms with E-state index in [1.165, 1.54) is 0 Å². The van der Waals surface area contributed by atoms with Gasteiger partial charge in [-0.1, -0.05) is 74.4 Å². The highest BCUT2D eigenvalue weighted by Crippen LogP contribution is 2.36. The van der Waals surface area contributed by atoms with Crippen LogP contribution in [0.25, 0.3) is 16.0 Å². The Morgan fingerprint density at radius 3 is 2.56 bits per heavy atom. The summed E-state index contributed by atoms with van der Waals surface area (Å²) in [4.78, 5) is 33.5. The van der Waals surface area contributed by atoms with Gasteiger partial charge in [-0.2, -0.15) is 0 Å². The minimum absolute atomic E-state index is 0.161. The van der Waals surface area contributed by atoms with Crippen molar-refractivity contribution in [3.8, 4) is 11.1 Å². The first-order valence-electron chi connectivity index (χ1n) is 15.0. The smallest absolute Gasteiger partial charge is 0.254 e. The predicted molar refractivity (Wildman–Crippen MR) is 169 cm³/mol. The highest BCUT2D eigenvalue weighted by molar-refractivity contribution is 6.02. The van der Waals surface area contributed by atoms with Crippen LogP contribution in [0.4, 0.5) is 5.69 Å². The maximum Gasteiger partial charge on any atom is 0.254 e. The topological polar surface area (TPSA) is 92.9 Å². The lowest BCUT2D eigenvalue weighted by molar-refractivity contribution is 0.0720. The molecule has 0 saturated carbocycles. The number of hydrogen-bond acceptors (Lipinski definition) is 4. The summed E-state index contributed by atoms with van der Waals surface area (Å²) in [5, 5.41) is 3.20. The Morgan fingerprint density at radius 1 is 1.05 bits per heavy atom. The molecule has 7 nitrogen and oxygen atoms in total. The second-order valence-corrected chi connectivity index (χ2v) is 11.2. The van der Waals surface area contributed by atoms with Gasteiger partial charge in [-0.3, -0.25) is 9.59 Å². The first kappa shape index (κ1) is 29.8. The van der Waals surface area contributed by atoms with Crippen LogP contribution < -0.4 is 11.1 Å². The van der Waals surface area contributed by atoms with E-state index in [1.54, 1.807) is 30.5 Å². The van der Waals surface area contributed by atoms with Gasteiger partial charge in [0.1, 0.15) is 5.76 Å². The van der Waals surface area contributed by atoms with Crippen molar-refractivity contribution in [1.29, 1.82) is 0 Å². The predicted octanol–water partition coefficient (Wildman–Crippen LogP) is 7.33. The molecule has 1 aromatic heterocycles. The van der Waals surface area contributed by atoms with Crippen LogP contribution in [0.15, 0.2) is 95.6 Å². The van der Waals surface area contributed by atoms with Crippen molar-refractivity contribution in [2.45, 2.75) is 63.6 Å². The molecule has 0 bridgehead atoms. The molecule has 0 spiro atoms. The summed E-state index contributed by atoms with van der Waals surface area (Å²) in [7, 11) is 0. The Morgan fingerprint density at radius 2 is 1.81 bits per heavy atom. The normalized spacial score (nSPS) is 15.9. The van der Waals surface area contributed by atoms with Crippen LogP contribution in [-0.4, -0.2) is 35.3 Å². The molecule has 43 heavy (non-hydrogen) atoms. The minimum atomic E-state index is -0.298. The van der Waals surface area contributed by atoms with Gasteiger partial charge < -0.3 is 20.4 Å². The van der Waals surface area contributed by atoms with Crippen molar-refractivity contribution in [3.05, 3.63) is 125 Å². The summed E-state index contributed by atoms with van der Waals surface area (Å²) >= 11 is 0. The van der Waals surface area contributed by atoms with Crippen LogP contribution in [0, 0.1) is 6.57 Å². The van der Waals surface area contributed by atoms with Crippen LogP contribution in [-0.2, 0) is 6.42 Å². The molecule has 1 aliphatic rings. The fourth-order valence-electron chi connectivity index (χ4n) is 5.88.